The first-order chi connectivity index (χ1) is 10.6. The van der Waals surface area contributed by atoms with Gasteiger partial charge in [-0.3, -0.25) is 0 Å². The molecule has 0 fully saturated rings. The standard InChI is InChI=1S/C21H26Si2/c1-17-16-18(12-14-22(2,3)4)20-10-8-9-11-21(20)19(17)13-15-23(5,6)7/h8-11,16H,1-7H3. The van der Waals surface area contributed by atoms with Gasteiger partial charge in [0.1, 0.15) is 16.1 Å². The zero-order chi connectivity index (χ0) is 17.3. The van der Waals surface area contributed by atoms with Crippen LogP contribution in [0.25, 0.3) is 10.8 Å². The van der Waals surface area contributed by atoms with Gasteiger partial charge in [-0.15, -0.1) is 11.1 Å². The highest BCUT2D eigenvalue weighted by molar-refractivity contribution is 6.84. The minimum absolute atomic E-state index is 1.14. The van der Waals surface area contributed by atoms with Crippen LogP contribution in [0.5, 0.6) is 0 Å². The van der Waals surface area contributed by atoms with E-state index in [0.29, 0.717) is 0 Å². The molecule has 0 amide bonds. The highest BCUT2D eigenvalue weighted by Crippen LogP contribution is 2.25. The molecule has 2 heteroatoms. The van der Waals surface area contributed by atoms with Crippen LogP contribution in [0.3, 0.4) is 0 Å². The molecule has 0 atom stereocenters. The molecule has 0 heterocycles. The van der Waals surface area contributed by atoms with Gasteiger partial charge in [-0.1, -0.05) is 75.4 Å². The summed E-state index contributed by atoms with van der Waals surface area (Å²) < 4.78 is 0. The Balaban J connectivity index is 2.72. The molecule has 0 saturated carbocycles. The van der Waals surface area contributed by atoms with Crippen LogP contribution < -0.4 is 0 Å². The van der Waals surface area contributed by atoms with Crippen LogP contribution in [0, 0.1) is 29.9 Å². The fraction of sp³-hybridized carbons (Fsp3) is 0.333. The van der Waals surface area contributed by atoms with E-state index in [1.165, 1.54) is 21.9 Å². The first kappa shape index (κ1) is 17.6. The van der Waals surface area contributed by atoms with E-state index in [-0.39, 0.29) is 0 Å². The molecule has 0 N–H and O–H groups in total. The van der Waals surface area contributed by atoms with Crippen molar-refractivity contribution in [2.45, 2.75) is 46.2 Å². The van der Waals surface area contributed by atoms with Crippen LogP contribution in [-0.4, -0.2) is 16.1 Å². The quantitative estimate of drug-likeness (QED) is 0.434. The van der Waals surface area contributed by atoms with Crippen molar-refractivity contribution in [2.75, 3.05) is 0 Å². The van der Waals surface area contributed by atoms with Gasteiger partial charge in [-0.25, -0.2) is 0 Å². The van der Waals surface area contributed by atoms with Gasteiger partial charge in [0.2, 0.25) is 0 Å². The van der Waals surface area contributed by atoms with Crippen LogP contribution in [0.4, 0.5) is 0 Å². The predicted octanol–water partition coefficient (Wildman–Crippen LogP) is 5.61. The average Bonchev–Trinajstić information content (AvgIpc) is 2.42. The largest absolute Gasteiger partial charge is 0.129 e. The van der Waals surface area contributed by atoms with Crippen LogP contribution >= 0.6 is 0 Å². The Morgan fingerprint density at radius 1 is 0.739 bits per heavy atom. The molecule has 0 radical (unpaired) electrons. The molecule has 23 heavy (non-hydrogen) atoms. The van der Waals surface area contributed by atoms with Crippen LogP contribution in [0.2, 0.25) is 39.3 Å². The summed E-state index contributed by atoms with van der Waals surface area (Å²) in [5.41, 5.74) is 10.5. The van der Waals surface area contributed by atoms with E-state index in [4.69, 9.17) is 0 Å². The van der Waals surface area contributed by atoms with Gasteiger partial charge in [0, 0.05) is 11.1 Å². The Kier molecular flexibility index (Phi) is 4.90. The summed E-state index contributed by atoms with van der Waals surface area (Å²) in [6.45, 7) is 15.8. The van der Waals surface area contributed by atoms with E-state index < -0.39 is 16.1 Å². The summed E-state index contributed by atoms with van der Waals surface area (Å²) in [6, 6.07) is 10.7. The number of benzene rings is 2. The summed E-state index contributed by atoms with van der Waals surface area (Å²) in [5, 5.41) is 2.46. The molecule has 2 rings (SSSR count). The van der Waals surface area contributed by atoms with Gasteiger partial charge >= 0.3 is 0 Å². The van der Waals surface area contributed by atoms with E-state index in [0.717, 1.165) is 5.56 Å². The van der Waals surface area contributed by atoms with Crippen LogP contribution in [0.15, 0.2) is 30.3 Å². The lowest BCUT2D eigenvalue weighted by Crippen LogP contribution is -2.16. The Morgan fingerprint density at radius 2 is 1.26 bits per heavy atom. The SMILES string of the molecule is Cc1cc(C#C[Si](C)(C)C)c2ccccc2c1C#C[Si](C)(C)C. The third kappa shape index (κ3) is 4.86. The fourth-order valence-corrected chi connectivity index (χ4v) is 3.30. The van der Waals surface area contributed by atoms with Gasteiger partial charge in [-0.05, 0) is 29.3 Å². The van der Waals surface area contributed by atoms with E-state index in [1.54, 1.807) is 0 Å². The maximum Gasteiger partial charge on any atom is 0.129 e. The summed E-state index contributed by atoms with van der Waals surface area (Å²) in [5.74, 6) is 6.91. The van der Waals surface area contributed by atoms with E-state index >= 15 is 0 Å². The van der Waals surface area contributed by atoms with Gasteiger partial charge in [0.05, 0.1) is 0 Å². The summed E-state index contributed by atoms with van der Waals surface area (Å²) in [4.78, 5) is 0. The number of hydrogen-bond acceptors (Lipinski definition) is 0. The van der Waals surface area contributed by atoms with Crippen molar-refractivity contribution in [1.29, 1.82) is 0 Å². The smallest absolute Gasteiger partial charge is 0.127 e. The number of hydrogen-bond donors (Lipinski definition) is 0. The summed E-state index contributed by atoms with van der Waals surface area (Å²) in [7, 11) is -2.77. The van der Waals surface area contributed by atoms with Crippen molar-refractivity contribution in [3.05, 3.63) is 47.0 Å². The maximum atomic E-state index is 3.51. The van der Waals surface area contributed by atoms with Crippen molar-refractivity contribution in [1.82, 2.24) is 0 Å². The van der Waals surface area contributed by atoms with Gasteiger partial charge < -0.3 is 0 Å². The monoisotopic (exact) mass is 334 g/mol. The second-order valence-electron chi connectivity index (χ2n) is 8.16. The second kappa shape index (κ2) is 6.40. The molecule has 0 saturated heterocycles. The number of fused-ring (bicyclic) bond motifs is 1. The number of rotatable bonds is 0. The van der Waals surface area contributed by atoms with Crippen molar-refractivity contribution >= 4 is 26.9 Å². The third-order valence-corrected chi connectivity index (χ3v) is 5.13. The molecular weight excluding hydrogens is 308 g/mol. The minimum Gasteiger partial charge on any atom is -0.127 e. The summed E-state index contributed by atoms with van der Waals surface area (Å²) in [6.07, 6.45) is 0. The molecule has 0 unspecified atom stereocenters. The molecule has 118 valence electrons. The molecule has 0 spiro atoms. The highest BCUT2D eigenvalue weighted by atomic mass is 28.3. The molecule has 2 aromatic carbocycles. The molecule has 0 nitrogen and oxygen atoms in total. The zero-order valence-corrected chi connectivity index (χ0v) is 17.4. The van der Waals surface area contributed by atoms with Gasteiger partial charge in [0.15, 0.2) is 0 Å². The van der Waals surface area contributed by atoms with Crippen LogP contribution in [0.1, 0.15) is 16.7 Å². The number of aryl methyl sites for hydroxylation is 1. The highest BCUT2D eigenvalue weighted by Gasteiger charge is 2.11. The van der Waals surface area contributed by atoms with Crippen LogP contribution in [-0.2, 0) is 0 Å². The van der Waals surface area contributed by atoms with Crippen molar-refractivity contribution in [3.63, 3.8) is 0 Å². The fourth-order valence-electron chi connectivity index (χ4n) is 2.29. The minimum atomic E-state index is -1.39. The van der Waals surface area contributed by atoms with Crippen molar-refractivity contribution < 1.29 is 0 Å². The first-order valence-corrected chi connectivity index (χ1v) is 15.2. The van der Waals surface area contributed by atoms with Gasteiger partial charge in [-0.2, -0.15) is 0 Å². The lowest BCUT2D eigenvalue weighted by Gasteiger charge is -2.10. The average molecular weight is 335 g/mol. The van der Waals surface area contributed by atoms with E-state index in [9.17, 15) is 0 Å². The Hall–Kier alpha value is -1.75. The van der Waals surface area contributed by atoms with E-state index in [1.807, 2.05) is 0 Å². The van der Waals surface area contributed by atoms with Crippen molar-refractivity contribution in [3.8, 4) is 22.9 Å². The zero-order valence-electron chi connectivity index (χ0n) is 15.4. The van der Waals surface area contributed by atoms with Crippen molar-refractivity contribution in [2.24, 2.45) is 0 Å². The van der Waals surface area contributed by atoms with Gasteiger partial charge in [0.25, 0.3) is 0 Å². The Bertz CT molecular complexity index is 855. The Morgan fingerprint density at radius 3 is 1.83 bits per heavy atom. The third-order valence-electron chi connectivity index (χ3n) is 3.38. The second-order valence-corrected chi connectivity index (χ2v) is 17.7. The Labute approximate surface area is 143 Å². The molecule has 0 bridgehead atoms. The lowest BCUT2D eigenvalue weighted by molar-refractivity contribution is 1.46. The maximum absolute atomic E-state index is 3.51. The molecule has 2 aromatic rings. The molecular formula is C21H26Si2. The molecule has 0 aliphatic rings. The summed E-state index contributed by atoms with van der Waals surface area (Å²) >= 11 is 0. The first-order valence-electron chi connectivity index (χ1n) is 8.15. The molecule has 0 aliphatic heterocycles. The van der Waals surface area contributed by atoms with E-state index in [2.05, 4.69) is 99.5 Å². The molecule has 0 aromatic heterocycles. The molecule has 0 aliphatic carbocycles. The topological polar surface area (TPSA) is 0 Å². The normalized spacial score (nSPS) is 11.4. The lowest BCUT2D eigenvalue weighted by atomic mass is 9.96. The predicted molar refractivity (Wildman–Crippen MR) is 109 cm³/mol.